The van der Waals surface area contributed by atoms with Crippen LogP contribution in [0.15, 0.2) is 61.2 Å². The maximum atomic E-state index is 12.6. The van der Waals surface area contributed by atoms with Gasteiger partial charge in [-0.25, -0.2) is 4.79 Å². The number of hydrogen-bond acceptors (Lipinski definition) is 6. The molecule has 0 bridgehead atoms. The number of esters is 2. The molecule has 3 rings (SSSR count). The molecule has 1 aliphatic carbocycles. The summed E-state index contributed by atoms with van der Waals surface area (Å²) >= 11 is 0. The average molecular weight is 505 g/mol. The monoisotopic (exact) mass is 504 g/mol. The van der Waals surface area contributed by atoms with Gasteiger partial charge in [0.2, 0.25) is 0 Å². The van der Waals surface area contributed by atoms with Crippen LogP contribution in [0.25, 0.3) is 6.08 Å². The van der Waals surface area contributed by atoms with E-state index in [2.05, 4.69) is 6.58 Å². The first-order valence-electron chi connectivity index (χ1n) is 13.3. The molecule has 1 aliphatic rings. The van der Waals surface area contributed by atoms with Crippen LogP contribution < -0.4 is 16.2 Å². The highest BCUT2D eigenvalue weighted by Crippen LogP contribution is 2.33. The van der Waals surface area contributed by atoms with E-state index < -0.39 is 5.97 Å². The van der Waals surface area contributed by atoms with Gasteiger partial charge in [0, 0.05) is 23.4 Å². The van der Waals surface area contributed by atoms with Crippen LogP contribution in [0.1, 0.15) is 75.3 Å². The zero-order valence-electron chi connectivity index (χ0n) is 21.9. The molecule has 6 heteroatoms. The molecule has 1 saturated carbocycles. The molecule has 1 fully saturated rings. The van der Waals surface area contributed by atoms with Gasteiger partial charge in [0.1, 0.15) is 5.75 Å². The first-order valence-corrected chi connectivity index (χ1v) is 13.3. The summed E-state index contributed by atoms with van der Waals surface area (Å²) in [6.45, 7) is 5.94. The fraction of sp³-hybridized carbons (Fsp3) is 0.419. The van der Waals surface area contributed by atoms with Gasteiger partial charge in [-0.1, -0.05) is 38.0 Å². The van der Waals surface area contributed by atoms with Crippen LogP contribution in [0.4, 0.5) is 11.4 Å². The molecular formula is C31H40N2O4. The number of rotatable bonds is 12. The lowest BCUT2D eigenvalue weighted by Gasteiger charge is -2.27. The Bertz CT molecular complexity index is 1050. The van der Waals surface area contributed by atoms with Gasteiger partial charge >= 0.3 is 11.9 Å². The molecule has 2 aromatic rings. The van der Waals surface area contributed by atoms with Gasteiger partial charge in [0.15, 0.2) is 0 Å². The summed E-state index contributed by atoms with van der Waals surface area (Å²) in [4.78, 5) is 24.8. The predicted molar refractivity (Wildman–Crippen MR) is 150 cm³/mol. The van der Waals surface area contributed by atoms with Gasteiger partial charge in [-0.3, -0.25) is 4.79 Å². The fourth-order valence-corrected chi connectivity index (χ4v) is 4.76. The second-order valence-electron chi connectivity index (χ2n) is 10.1. The Balaban J connectivity index is 1.39. The topological polar surface area (TPSA) is 105 Å². The third kappa shape index (κ3) is 9.45. The number of nitrogens with two attached hydrogens (primary N) is 2. The molecule has 0 radical (unpaired) electrons. The van der Waals surface area contributed by atoms with Crippen LogP contribution in [0.3, 0.4) is 0 Å². The SMILES string of the molecule is C=CCCCCC1CCC(C(=O)Oc2ccc(C=CC(=O)OCC(C)c3cc(N)cc(N)c3)cc2)CC1. The molecule has 1 unspecified atom stereocenters. The summed E-state index contributed by atoms with van der Waals surface area (Å²) in [6, 6.07) is 12.5. The Morgan fingerprint density at radius 1 is 1.03 bits per heavy atom. The molecule has 37 heavy (non-hydrogen) atoms. The minimum atomic E-state index is -0.435. The number of anilines is 2. The summed E-state index contributed by atoms with van der Waals surface area (Å²) in [7, 11) is 0. The van der Waals surface area contributed by atoms with Gasteiger partial charge in [-0.15, -0.1) is 6.58 Å². The number of unbranched alkanes of at least 4 members (excludes halogenated alkanes) is 2. The third-order valence-corrected chi connectivity index (χ3v) is 7.01. The second kappa shape index (κ2) is 14.3. The van der Waals surface area contributed by atoms with E-state index in [9.17, 15) is 9.59 Å². The molecule has 2 aromatic carbocycles. The number of carbonyl (C=O) groups excluding carboxylic acids is 2. The number of hydrogen-bond donors (Lipinski definition) is 2. The molecule has 0 aliphatic heterocycles. The van der Waals surface area contributed by atoms with E-state index in [1.165, 1.54) is 25.3 Å². The lowest BCUT2D eigenvalue weighted by molar-refractivity contribution is -0.140. The molecular weight excluding hydrogens is 464 g/mol. The first-order chi connectivity index (χ1) is 17.8. The van der Waals surface area contributed by atoms with E-state index in [0.29, 0.717) is 17.1 Å². The Hall–Kier alpha value is -3.54. The third-order valence-electron chi connectivity index (χ3n) is 7.01. The van der Waals surface area contributed by atoms with E-state index in [1.807, 2.05) is 37.3 Å². The molecule has 6 nitrogen and oxygen atoms in total. The van der Waals surface area contributed by atoms with Crippen molar-refractivity contribution >= 4 is 29.4 Å². The molecule has 1 atom stereocenters. The first kappa shape index (κ1) is 28.0. The number of carbonyl (C=O) groups is 2. The quantitative estimate of drug-likeness (QED) is 0.0835. The summed E-state index contributed by atoms with van der Waals surface area (Å²) in [5.74, 6) is 0.611. The van der Waals surface area contributed by atoms with Crippen molar-refractivity contribution in [1.82, 2.24) is 0 Å². The number of allylic oxidation sites excluding steroid dienone is 1. The highest BCUT2D eigenvalue weighted by Gasteiger charge is 2.27. The normalized spacial score (nSPS) is 18.3. The zero-order valence-corrected chi connectivity index (χ0v) is 21.9. The summed E-state index contributed by atoms with van der Waals surface area (Å²) < 4.78 is 11.0. The van der Waals surface area contributed by atoms with Gasteiger partial charge in [0.05, 0.1) is 12.5 Å². The Morgan fingerprint density at radius 2 is 1.70 bits per heavy atom. The number of ether oxygens (including phenoxy) is 2. The molecule has 0 heterocycles. The molecule has 198 valence electrons. The van der Waals surface area contributed by atoms with Crippen molar-refractivity contribution in [3.05, 3.63) is 72.3 Å². The van der Waals surface area contributed by atoms with Crippen molar-refractivity contribution in [2.75, 3.05) is 18.1 Å². The minimum absolute atomic E-state index is 0.0232. The Labute approximate surface area is 220 Å². The fourth-order valence-electron chi connectivity index (χ4n) is 4.76. The van der Waals surface area contributed by atoms with Crippen molar-refractivity contribution in [3.63, 3.8) is 0 Å². The average Bonchev–Trinajstić information content (AvgIpc) is 2.89. The lowest BCUT2D eigenvalue weighted by atomic mass is 9.80. The van der Waals surface area contributed by atoms with Gasteiger partial charge in [-0.2, -0.15) is 0 Å². The number of benzene rings is 2. The van der Waals surface area contributed by atoms with Gasteiger partial charge in [0.25, 0.3) is 0 Å². The summed E-state index contributed by atoms with van der Waals surface area (Å²) in [6.07, 6.45) is 13.8. The van der Waals surface area contributed by atoms with E-state index in [-0.39, 0.29) is 24.4 Å². The molecule has 0 spiro atoms. The minimum Gasteiger partial charge on any atom is -0.462 e. The molecule has 0 amide bonds. The van der Waals surface area contributed by atoms with Crippen LogP contribution >= 0.6 is 0 Å². The summed E-state index contributed by atoms with van der Waals surface area (Å²) in [5.41, 5.74) is 14.6. The smallest absolute Gasteiger partial charge is 0.330 e. The van der Waals surface area contributed by atoms with E-state index in [4.69, 9.17) is 20.9 Å². The summed E-state index contributed by atoms with van der Waals surface area (Å²) in [5, 5.41) is 0. The van der Waals surface area contributed by atoms with Gasteiger partial charge < -0.3 is 20.9 Å². The Kier molecular flexibility index (Phi) is 10.8. The van der Waals surface area contributed by atoms with Crippen LogP contribution in [0.2, 0.25) is 0 Å². The number of nitrogen functional groups attached to an aromatic ring is 2. The van der Waals surface area contributed by atoms with E-state index >= 15 is 0 Å². The lowest BCUT2D eigenvalue weighted by Crippen LogP contribution is -2.25. The Morgan fingerprint density at radius 3 is 2.35 bits per heavy atom. The molecule has 4 N–H and O–H groups in total. The predicted octanol–water partition coefficient (Wildman–Crippen LogP) is 6.67. The van der Waals surface area contributed by atoms with Crippen molar-refractivity contribution in [1.29, 1.82) is 0 Å². The second-order valence-corrected chi connectivity index (χ2v) is 10.1. The maximum absolute atomic E-state index is 12.6. The van der Waals surface area contributed by atoms with Crippen molar-refractivity contribution in [2.24, 2.45) is 11.8 Å². The zero-order chi connectivity index (χ0) is 26.6. The highest BCUT2D eigenvalue weighted by atomic mass is 16.5. The molecule has 0 saturated heterocycles. The standard InChI is InChI=1S/C31H40N2O4/c1-3-4-5-6-7-23-8-13-25(14-9-23)31(35)37-29-15-10-24(11-16-29)12-17-30(34)36-21-22(2)26-18-27(32)20-28(33)19-26/h3,10-12,15-20,22-23,25H,1,4-9,13-14,21,32-33H2,2H3. The van der Waals surface area contributed by atoms with Crippen molar-refractivity contribution in [2.45, 2.75) is 64.2 Å². The van der Waals surface area contributed by atoms with Crippen LogP contribution in [-0.4, -0.2) is 18.5 Å². The van der Waals surface area contributed by atoms with E-state index in [0.717, 1.165) is 49.1 Å². The highest BCUT2D eigenvalue weighted by molar-refractivity contribution is 5.87. The van der Waals surface area contributed by atoms with Crippen LogP contribution in [0, 0.1) is 11.8 Å². The van der Waals surface area contributed by atoms with Gasteiger partial charge in [-0.05, 0) is 92.0 Å². The maximum Gasteiger partial charge on any atom is 0.330 e. The van der Waals surface area contributed by atoms with Crippen LogP contribution in [0.5, 0.6) is 5.75 Å². The van der Waals surface area contributed by atoms with Crippen molar-refractivity contribution < 1.29 is 19.1 Å². The molecule has 0 aromatic heterocycles. The van der Waals surface area contributed by atoms with E-state index in [1.54, 1.807) is 24.3 Å². The van der Waals surface area contributed by atoms with Crippen molar-refractivity contribution in [3.8, 4) is 5.75 Å². The van der Waals surface area contributed by atoms with Crippen LogP contribution in [-0.2, 0) is 14.3 Å². The largest absolute Gasteiger partial charge is 0.462 e.